The van der Waals surface area contributed by atoms with E-state index in [1.165, 1.54) is 29.7 Å². The summed E-state index contributed by atoms with van der Waals surface area (Å²) in [6, 6.07) is 16.8. The third kappa shape index (κ3) is 4.09. The molecule has 0 atom stereocenters. The van der Waals surface area contributed by atoms with E-state index in [4.69, 9.17) is 0 Å². The first kappa shape index (κ1) is 18.3. The fourth-order valence-corrected chi connectivity index (χ4v) is 3.69. The number of benzene rings is 2. The second kappa shape index (κ2) is 7.89. The Morgan fingerprint density at radius 1 is 0.821 bits per heavy atom. The highest BCUT2D eigenvalue weighted by Crippen LogP contribution is 2.26. The molecule has 0 bridgehead atoms. The summed E-state index contributed by atoms with van der Waals surface area (Å²) in [7, 11) is 0. The molecule has 0 saturated carbocycles. The Balaban J connectivity index is 1.52. The van der Waals surface area contributed by atoms with E-state index in [0.717, 1.165) is 36.0 Å². The van der Waals surface area contributed by atoms with Crippen molar-refractivity contribution in [2.45, 2.75) is 33.6 Å². The number of hydrogen-bond acceptors (Lipinski definition) is 5. The van der Waals surface area contributed by atoms with Crippen molar-refractivity contribution in [3.05, 3.63) is 65.4 Å². The van der Waals surface area contributed by atoms with Crippen molar-refractivity contribution < 1.29 is 0 Å². The molecule has 0 unspecified atom stereocenters. The number of rotatable bonds is 5. The minimum Gasteiger partial charge on any atom is -0.372 e. The van der Waals surface area contributed by atoms with Gasteiger partial charge in [-0.25, -0.2) is 4.98 Å². The minimum atomic E-state index is 0.600. The van der Waals surface area contributed by atoms with Gasteiger partial charge in [-0.2, -0.15) is 4.98 Å². The first-order valence-corrected chi connectivity index (χ1v) is 9.89. The average molecular weight is 374 g/mol. The minimum absolute atomic E-state index is 0.600. The van der Waals surface area contributed by atoms with Crippen LogP contribution in [0.4, 0.5) is 28.8 Å². The molecule has 1 aliphatic rings. The van der Waals surface area contributed by atoms with Crippen LogP contribution in [0, 0.1) is 20.8 Å². The van der Waals surface area contributed by atoms with Gasteiger partial charge >= 0.3 is 0 Å². The van der Waals surface area contributed by atoms with E-state index < -0.39 is 0 Å². The molecule has 1 fully saturated rings. The van der Waals surface area contributed by atoms with Gasteiger partial charge in [0.25, 0.3) is 0 Å². The van der Waals surface area contributed by atoms with Crippen LogP contribution in [0.15, 0.2) is 48.5 Å². The maximum Gasteiger partial charge on any atom is 0.229 e. The summed E-state index contributed by atoms with van der Waals surface area (Å²) in [6.07, 6.45) is 2.57. The molecule has 5 heteroatoms. The summed E-state index contributed by atoms with van der Waals surface area (Å²) < 4.78 is 0. The van der Waals surface area contributed by atoms with Gasteiger partial charge in [-0.1, -0.05) is 18.2 Å². The van der Waals surface area contributed by atoms with Crippen LogP contribution in [-0.4, -0.2) is 23.1 Å². The summed E-state index contributed by atoms with van der Waals surface area (Å²) in [4.78, 5) is 11.6. The molecule has 2 aromatic carbocycles. The first-order valence-electron chi connectivity index (χ1n) is 9.89. The maximum absolute atomic E-state index is 4.66. The normalized spacial score (nSPS) is 13.6. The Labute approximate surface area is 166 Å². The highest BCUT2D eigenvalue weighted by molar-refractivity contribution is 5.66. The van der Waals surface area contributed by atoms with E-state index in [9.17, 15) is 0 Å². The fraction of sp³-hybridized carbons (Fsp3) is 0.304. The first-order chi connectivity index (χ1) is 13.6. The van der Waals surface area contributed by atoms with Crippen molar-refractivity contribution in [3.63, 3.8) is 0 Å². The third-order valence-corrected chi connectivity index (χ3v) is 5.18. The van der Waals surface area contributed by atoms with Crippen molar-refractivity contribution in [2.24, 2.45) is 0 Å². The summed E-state index contributed by atoms with van der Waals surface area (Å²) in [6.45, 7) is 8.50. The van der Waals surface area contributed by atoms with E-state index >= 15 is 0 Å². The van der Waals surface area contributed by atoms with E-state index in [1.807, 2.05) is 13.0 Å². The number of aryl methyl sites for hydroxylation is 3. The lowest BCUT2D eigenvalue weighted by Crippen LogP contribution is -2.17. The molecule has 0 aliphatic carbocycles. The molecule has 28 heavy (non-hydrogen) atoms. The molecule has 0 amide bonds. The molecule has 0 radical (unpaired) electrons. The van der Waals surface area contributed by atoms with Gasteiger partial charge in [0.15, 0.2) is 0 Å². The van der Waals surface area contributed by atoms with Crippen LogP contribution in [0.3, 0.4) is 0 Å². The smallest absolute Gasteiger partial charge is 0.229 e. The number of anilines is 5. The quantitative estimate of drug-likeness (QED) is 0.619. The van der Waals surface area contributed by atoms with Gasteiger partial charge < -0.3 is 15.5 Å². The Hall–Kier alpha value is -3.08. The van der Waals surface area contributed by atoms with Crippen LogP contribution in [0.5, 0.6) is 0 Å². The van der Waals surface area contributed by atoms with Gasteiger partial charge in [0.2, 0.25) is 5.95 Å². The number of hydrogen-bond donors (Lipinski definition) is 2. The molecule has 1 saturated heterocycles. The highest BCUT2D eigenvalue weighted by atomic mass is 15.2. The van der Waals surface area contributed by atoms with E-state index in [1.54, 1.807) is 0 Å². The molecule has 3 aromatic rings. The van der Waals surface area contributed by atoms with E-state index in [-0.39, 0.29) is 0 Å². The monoisotopic (exact) mass is 373 g/mol. The lowest BCUT2D eigenvalue weighted by molar-refractivity contribution is 0.949. The number of para-hydroxylation sites is 1. The molecular weight excluding hydrogens is 346 g/mol. The Bertz CT molecular complexity index is 939. The molecule has 1 aromatic heterocycles. The molecular formula is C23H27N5. The average Bonchev–Trinajstić information content (AvgIpc) is 3.20. The van der Waals surface area contributed by atoms with Crippen LogP contribution in [0.1, 0.15) is 29.7 Å². The van der Waals surface area contributed by atoms with Crippen molar-refractivity contribution >= 4 is 28.8 Å². The zero-order valence-electron chi connectivity index (χ0n) is 16.8. The fourth-order valence-electron chi connectivity index (χ4n) is 3.69. The van der Waals surface area contributed by atoms with Crippen molar-refractivity contribution in [1.82, 2.24) is 9.97 Å². The maximum atomic E-state index is 4.66. The van der Waals surface area contributed by atoms with Gasteiger partial charge in [-0.15, -0.1) is 0 Å². The van der Waals surface area contributed by atoms with E-state index in [0.29, 0.717) is 5.95 Å². The number of nitrogens with zero attached hydrogens (tertiary/aromatic N) is 3. The predicted octanol–water partition coefficient (Wildman–Crippen LogP) is 5.49. The molecule has 1 aliphatic heterocycles. The number of nitrogens with one attached hydrogen (secondary N) is 2. The molecule has 5 nitrogen and oxygen atoms in total. The van der Waals surface area contributed by atoms with Gasteiger partial charge in [0.05, 0.1) is 0 Å². The number of aromatic nitrogens is 2. The SMILES string of the molecule is Cc1cc(Nc2c(C)cccc2C)nc(Nc2ccc(N3CCCC3)cc2)n1. The lowest BCUT2D eigenvalue weighted by Gasteiger charge is -2.18. The topological polar surface area (TPSA) is 53.1 Å². The highest BCUT2D eigenvalue weighted by Gasteiger charge is 2.12. The second-order valence-corrected chi connectivity index (χ2v) is 7.48. The second-order valence-electron chi connectivity index (χ2n) is 7.48. The molecule has 4 rings (SSSR count). The predicted molar refractivity (Wildman–Crippen MR) is 117 cm³/mol. The van der Waals surface area contributed by atoms with Gasteiger partial charge in [0.1, 0.15) is 5.82 Å². The van der Waals surface area contributed by atoms with Crippen LogP contribution in [0.2, 0.25) is 0 Å². The summed E-state index contributed by atoms with van der Waals surface area (Å²) >= 11 is 0. The van der Waals surface area contributed by atoms with Gasteiger partial charge in [-0.05, 0) is 69.0 Å². The Morgan fingerprint density at radius 3 is 2.18 bits per heavy atom. The Kier molecular flexibility index (Phi) is 5.15. The zero-order chi connectivity index (χ0) is 19.5. The van der Waals surface area contributed by atoms with Gasteiger partial charge in [0, 0.05) is 41.9 Å². The zero-order valence-corrected chi connectivity index (χ0v) is 16.8. The summed E-state index contributed by atoms with van der Waals surface area (Å²) in [5.41, 5.74) is 6.69. The van der Waals surface area contributed by atoms with Crippen molar-refractivity contribution in [1.29, 1.82) is 0 Å². The van der Waals surface area contributed by atoms with Crippen molar-refractivity contribution in [3.8, 4) is 0 Å². The molecule has 2 heterocycles. The van der Waals surface area contributed by atoms with E-state index in [2.05, 4.69) is 81.8 Å². The van der Waals surface area contributed by atoms with Crippen LogP contribution < -0.4 is 15.5 Å². The lowest BCUT2D eigenvalue weighted by atomic mass is 10.1. The van der Waals surface area contributed by atoms with Crippen LogP contribution >= 0.6 is 0 Å². The summed E-state index contributed by atoms with van der Waals surface area (Å²) in [5.74, 6) is 1.39. The largest absolute Gasteiger partial charge is 0.372 e. The third-order valence-electron chi connectivity index (χ3n) is 5.18. The molecule has 144 valence electrons. The standard InChI is InChI=1S/C23H27N5/c1-16-7-6-8-17(2)22(16)26-21-15-18(3)24-23(27-21)25-19-9-11-20(12-10-19)28-13-4-5-14-28/h6-12,15H,4-5,13-14H2,1-3H3,(H2,24,25,26,27). The molecule has 0 spiro atoms. The Morgan fingerprint density at radius 2 is 1.50 bits per heavy atom. The van der Waals surface area contributed by atoms with Crippen LogP contribution in [0.25, 0.3) is 0 Å². The van der Waals surface area contributed by atoms with Crippen molar-refractivity contribution in [2.75, 3.05) is 28.6 Å². The van der Waals surface area contributed by atoms with Crippen LogP contribution in [-0.2, 0) is 0 Å². The molecule has 2 N–H and O–H groups in total. The summed E-state index contributed by atoms with van der Waals surface area (Å²) in [5, 5.41) is 6.79. The van der Waals surface area contributed by atoms with Gasteiger partial charge in [-0.3, -0.25) is 0 Å².